The molecule has 4 heteroatoms. The van der Waals surface area contributed by atoms with Crippen molar-refractivity contribution in [3.63, 3.8) is 0 Å². The molecular weight excluding hydrogens is 272 g/mol. The predicted octanol–water partition coefficient (Wildman–Crippen LogP) is 3.80. The van der Waals surface area contributed by atoms with Gasteiger partial charge in [0.15, 0.2) is 0 Å². The molecule has 0 radical (unpaired) electrons. The Kier molecular flexibility index (Phi) is 4.53. The number of carbonyl (C=O) groups excluding carboxylic acids is 1. The largest absolute Gasteiger partial charge is 0.272 e. The van der Waals surface area contributed by atoms with Crippen molar-refractivity contribution in [2.45, 2.75) is 13.8 Å². The molecule has 0 saturated carbocycles. The van der Waals surface area contributed by atoms with Gasteiger partial charge >= 0.3 is 0 Å². The lowest BCUT2D eigenvalue weighted by atomic mass is 10.1. The van der Waals surface area contributed by atoms with E-state index in [-0.39, 0.29) is 5.91 Å². The Hall–Kier alpha value is -2.13. The molecule has 0 heterocycles. The Balaban J connectivity index is 2.11. The van der Waals surface area contributed by atoms with E-state index in [1.54, 1.807) is 24.3 Å². The van der Waals surface area contributed by atoms with E-state index >= 15 is 0 Å². The lowest BCUT2D eigenvalue weighted by Gasteiger charge is -2.04. The fourth-order valence-corrected chi connectivity index (χ4v) is 1.92. The van der Waals surface area contributed by atoms with Crippen LogP contribution in [0.15, 0.2) is 53.6 Å². The first-order valence-corrected chi connectivity index (χ1v) is 6.62. The van der Waals surface area contributed by atoms with Crippen molar-refractivity contribution >= 4 is 23.2 Å². The molecular formula is C16H15ClN2O. The summed E-state index contributed by atoms with van der Waals surface area (Å²) in [7, 11) is 0. The number of nitrogens with zero attached hydrogens (tertiary/aromatic N) is 1. The van der Waals surface area contributed by atoms with Crippen molar-refractivity contribution in [2.24, 2.45) is 5.10 Å². The van der Waals surface area contributed by atoms with Crippen LogP contribution in [0.2, 0.25) is 5.02 Å². The molecule has 0 aliphatic rings. The zero-order chi connectivity index (χ0) is 14.5. The number of amides is 1. The van der Waals surface area contributed by atoms with Gasteiger partial charge in [0.25, 0.3) is 5.91 Å². The zero-order valence-electron chi connectivity index (χ0n) is 11.4. The van der Waals surface area contributed by atoms with Crippen LogP contribution >= 0.6 is 11.6 Å². The highest BCUT2D eigenvalue weighted by molar-refractivity contribution is 6.33. The van der Waals surface area contributed by atoms with E-state index in [4.69, 9.17) is 11.6 Å². The fourth-order valence-electron chi connectivity index (χ4n) is 1.70. The Labute approximate surface area is 123 Å². The lowest BCUT2D eigenvalue weighted by Crippen LogP contribution is -2.19. The minimum Gasteiger partial charge on any atom is -0.267 e. The number of benzene rings is 2. The smallest absolute Gasteiger partial charge is 0.267 e. The van der Waals surface area contributed by atoms with E-state index in [0.717, 1.165) is 11.3 Å². The van der Waals surface area contributed by atoms with E-state index in [9.17, 15) is 4.79 Å². The Morgan fingerprint density at radius 2 is 1.75 bits per heavy atom. The van der Waals surface area contributed by atoms with Gasteiger partial charge in [-0.25, -0.2) is 5.43 Å². The van der Waals surface area contributed by atoms with E-state index in [1.807, 2.05) is 38.1 Å². The third-order valence-electron chi connectivity index (χ3n) is 2.91. The summed E-state index contributed by atoms with van der Waals surface area (Å²) in [5, 5.41) is 4.51. The average Bonchev–Trinajstić information content (AvgIpc) is 2.45. The second-order valence-corrected chi connectivity index (χ2v) is 4.89. The standard InChI is InChI=1S/C16H15ClN2O/c1-11-7-9-13(10-8-11)12(2)18-19-16(20)14-5-3-4-6-15(14)17/h3-10H,1-2H3,(H,19,20)/b18-12+. The fraction of sp³-hybridized carbons (Fsp3) is 0.125. The third kappa shape index (κ3) is 3.45. The number of carbonyl (C=O) groups is 1. The van der Waals surface area contributed by atoms with E-state index in [2.05, 4.69) is 10.5 Å². The maximum atomic E-state index is 12.0. The summed E-state index contributed by atoms with van der Waals surface area (Å²) in [6.07, 6.45) is 0. The molecule has 102 valence electrons. The molecule has 0 aliphatic carbocycles. The Bertz CT molecular complexity index is 648. The molecule has 20 heavy (non-hydrogen) atoms. The van der Waals surface area contributed by atoms with E-state index < -0.39 is 0 Å². The summed E-state index contributed by atoms with van der Waals surface area (Å²) < 4.78 is 0. The van der Waals surface area contributed by atoms with Crippen molar-refractivity contribution < 1.29 is 4.79 Å². The molecule has 0 bridgehead atoms. The molecule has 0 unspecified atom stereocenters. The van der Waals surface area contributed by atoms with Gasteiger partial charge in [-0.05, 0) is 31.5 Å². The molecule has 0 atom stereocenters. The molecule has 3 nitrogen and oxygen atoms in total. The quantitative estimate of drug-likeness (QED) is 0.677. The van der Waals surface area contributed by atoms with Gasteiger partial charge in [0, 0.05) is 0 Å². The number of hydrazone groups is 1. The van der Waals surface area contributed by atoms with Crippen LogP contribution < -0.4 is 5.43 Å². The van der Waals surface area contributed by atoms with Gasteiger partial charge < -0.3 is 0 Å². The van der Waals surface area contributed by atoms with Gasteiger partial charge in [0.1, 0.15) is 0 Å². The first kappa shape index (κ1) is 14.3. The van der Waals surface area contributed by atoms with Gasteiger partial charge in [-0.3, -0.25) is 4.79 Å². The van der Waals surface area contributed by atoms with Gasteiger partial charge in [0.05, 0.1) is 16.3 Å². The van der Waals surface area contributed by atoms with Crippen molar-refractivity contribution in [1.29, 1.82) is 0 Å². The molecule has 0 spiro atoms. The van der Waals surface area contributed by atoms with Crippen molar-refractivity contribution in [1.82, 2.24) is 5.43 Å². The highest BCUT2D eigenvalue weighted by Gasteiger charge is 2.08. The third-order valence-corrected chi connectivity index (χ3v) is 3.24. The summed E-state index contributed by atoms with van der Waals surface area (Å²) in [5.74, 6) is -0.318. The molecule has 1 N–H and O–H groups in total. The van der Waals surface area contributed by atoms with Crippen LogP contribution in [0.25, 0.3) is 0 Å². The van der Waals surface area contributed by atoms with E-state index in [1.165, 1.54) is 5.56 Å². The Morgan fingerprint density at radius 3 is 2.40 bits per heavy atom. The van der Waals surface area contributed by atoms with Crippen LogP contribution in [0.1, 0.15) is 28.4 Å². The lowest BCUT2D eigenvalue weighted by molar-refractivity contribution is 0.0955. The molecule has 2 aromatic carbocycles. The summed E-state index contributed by atoms with van der Waals surface area (Å²) in [6.45, 7) is 3.87. The predicted molar refractivity (Wildman–Crippen MR) is 82.3 cm³/mol. The first-order valence-electron chi connectivity index (χ1n) is 6.24. The molecule has 2 rings (SSSR count). The van der Waals surface area contributed by atoms with Crippen LogP contribution in [-0.2, 0) is 0 Å². The summed E-state index contributed by atoms with van der Waals surface area (Å²) in [6, 6.07) is 14.8. The SMILES string of the molecule is C/C(=N\NC(=O)c1ccccc1Cl)c1ccc(C)cc1. The van der Waals surface area contributed by atoms with Gasteiger partial charge in [0.2, 0.25) is 0 Å². The van der Waals surface area contributed by atoms with Crippen molar-refractivity contribution in [3.8, 4) is 0 Å². The summed E-state index contributed by atoms with van der Waals surface area (Å²) >= 11 is 5.96. The summed E-state index contributed by atoms with van der Waals surface area (Å²) in [4.78, 5) is 12.0. The molecule has 0 aromatic heterocycles. The topological polar surface area (TPSA) is 41.5 Å². The summed E-state index contributed by atoms with van der Waals surface area (Å²) in [5.41, 5.74) is 5.82. The average molecular weight is 287 g/mol. The maximum absolute atomic E-state index is 12.0. The molecule has 0 saturated heterocycles. The van der Waals surface area contributed by atoms with Gasteiger partial charge in [-0.2, -0.15) is 5.10 Å². The van der Waals surface area contributed by atoms with Crippen LogP contribution in [0.3, 0.4) is 0 Å². The van der Waals surface area contributed by atoms with Crippen LogP contribution in [0.5, 0.6) is 0 Å². The number of halogens is 1. The van der Waals surface area contributed by atoms with Gasteiger partial charge in [-0.15, -0.1) is 0 Å². The molecule has 1 amide bonds. The zero-order valence-corrected chi connectivity index (χ0v) is 12.1. The molecule has 0 fully saturated rings. The monoisotopic (exact) mass is 286 g/mol. The van der Waals surface area contributed by atoms with Crippen LogP contribution in [-0.4, -0.2) is 11.6 Å². The van der Waals surface area contributed by atoms with Crippen LogP contribution in [0.4, 0.5) is 0 Å². The maximum Gasteiger partial charge on any atom is 0.272 e. The molecule has 2 aromatic rings. The minimum atomic E-state index is -0.318. The second-order valence-electron chi connectivity index (χ2n) is 4.48. The molecule has 0 aliphatic heterocycles. The van der Waals surface area contributed by atoms with Crippen LogP contribution in [0, 0.1) is 6.92 Å². The highest BCUT2D eigenvalue weighted by Crippen LogP contribution is 2.14. The number of nitrogens with one attached hydrogen (secondary N) is 1. The van der Waals surface area contributed by atoms with Crippen molar-refractivity contribution in [2.75, 3.05) is 0 Å². The Morgan fingerprint density at radius 1 is 1.10 bits per heavy atom. The number of aryl methyl sites for hydroxylation is 1. The number of hydrogen-bond donors (Lipinski definition) is 1. The number of rotatable bonds is 3. The van der Waals surface area contributed by atoms with E-state index in [0.29, 0.717) is 10.6 Å². The number of hydrogen-bond acceptors (Lipinski definition) is 2. The van der Waals surface area contributed by atoms with Gasteiger partial charge in [-0.1, -0.05) is 53.6 Å². The van der Waals surface area contributed by atoms with Crippen molar-refractivity contribution in [3.05, 3.63) is 70.2 Å². The second kappa shape index (κ2) is 6.35. The normalized spacial score (nSPS) is 11.2. The highest BCUT2D eigenvalue weighted by atomic mass is 35.5. The first-order chi connectivity index (χ1) is 9.58. The minimum absolute atomic E-state index is 0.318.